The van der Waals surface area contributed by atoms with Gasteiger partial charge in [0.2, 0.25) is 12.1 Å². The van der Waals surface area contributed by atoms with Gasteiger partial charge in [0.15, 0.2) is 0 Å². The van der Waals surface area contributed by atoms with Crippen LogP contribution in [0.2, 0.25) is 0 Å². The molecule has 9 heteroatoms. The number of hydrogen-bond acceptors (Lipinski definition) is 9. The smallest absolute Gasteiger partial charge is 0.305 e. The molecule has 0 saturated carbocycles. The second kappa shape index (κ2) is 7.61. The van der Waals surface area contributed by atoms with E-state index in [0.29, 0.717) is 16.7 Å². The number of hydrogen-bond donors (Lipinski definition) is 5. The Hall–Kier alpha value is -2.98. The Kier molecular flexibility index (Phi) is 5.22. The predicted octanol–water partition coefficient (Wildman–Crippen LogP) is 0.453. The number of aryl methyl sites for hydroxylation is 1. The predicted molar refractivity (Wildman–Crippen MR) is 105 cm³/mol. The maximum atomic E-state index is 13.1. The van der Waals surface area contributed by atoms with Crippen molar-refractivity contribution >= 4 is 11.8 Å². The highest BCUT2D eigenvalue weighted by molar-refractivity contribution is 6.16. The van der Waals surface area contributed by atoms with Crippen LogP contribution in [0.1, 0.15) is 45.5 Å². The Morgan fingerprint density at radius 2 is 1.65 bits per heavy atom. The molecule has 2 aromatic rings. The Labute approximate surface area is 177 Å². The van der Waals surface area contributed by atoms with Crippen LogP contribution in [-0.4, -0.2) is 68.0 Å². The largest absolute Gasteiger partial charge is 0.507 e. The lowest BCUT2D eigenvalue weighted by molar-refractivity contribution is -0.289. The minimum Gasteiger partial charge on any atom is -0.507 e. The Balaban J connectivity index is 1.92. The molecule has 31 heavy (non-hydrogen) atoms. The van der Waals surface area contributed by atoms with Crippen molar-refractivity contribution in [2.45, 2.75) is 50.5 Å². The van der Waals surface area contributed by atoms with E-state index in [1.807, 2.05) is 0 Å². The van der Waals surface area contributed by atoms with E-state index in [9.17, 15) is 35.1 Å². The van der Waals surface area contributed by atoms with Crippen molar-refractivity contribution in [1.29, 1.82) is 0 Å². The molecule has 1 aliphatic heterocycles. The van der Waals surface area contributed by atoms with Gasteiger partial charge in [0.05, 0.1) is 11.1 Å². The van der Waals surface area contributed by atoms with Gasteiger partial charge in [-0.25, -0.2) is 0 Å². The van der Waals surface area contributed by atoms with Crippen LogP contribution < -0.4 is 0 Å². The number of rotatable bonds is 2. The Bertz CT molecular complexity index is 1060. The third kappa shape index (κ3) is 3.35. The molecule has 1 aliphatic carbocycles. The van der Waals surface area contributed by atoms with Crippen molar-refractivity contribution in [3.63, 3.8) is 0 Å². The Morgan fingerprint density at radius 1 is 0.968 bits per heavy atom. The van der Waals surface area contributed by atoms with Crippen LogP contribution in [-0.2, 0) is 14.3 Å². The van der Waals surface area contributed by atoms with Crippen LogP contribution in [0.3, 0.4) is 0 Å². The van der Waals surface area contributed by atoms with Gasteiger partial charge >= 0.3 is 5.97 Å². The Morgan fingerprint density at radius 3 is 2.32 bits per heavy atom. The third-order valence-electron chi connectivity index (χ3n) is 5.71. The lowest BCUT2D eigenvalue weighted by Gasteiger charge is -2.44. The topological polar surface area (TPSA) is 154 Å². The molecule has 1 heterocycles. The number of aromatic hydroxyl groups is 2. The first kappa shape index (κ1) is 21.3. The minimum absolute atomic E-state index is 0.0648. The zero-order valence-corrected chi connectivity index (χ0v) is 16.7. The lowest BCUT2D eigenvalue weighted by Crippen LogP contribution is -2.60. The molecule has 0 spiro atoms. The number of phenols is 2. The molecule has 5 N–H and O–H groups in total. The fraction of sp³-hybridized carbons (Fsp3) is 0.364. The number of aliphatic hydroxyl groups excluding tert-OH is 3. The van der Waals surface area contributed by atoms with E-state index in [-0.39, 0.29) is 22.6 Å². The van der Waals surface area contributed by atoms with E-state index in [1.165, 1.54) is 18.2 Å². The standard InChI is InChI=1S/C22H22O9/c1-8-6-11-14(21-19(28)18(27)20(29)22(31-21)30-9(2)23)10-4-3-5-12(24)15(10)17(26)16(11)13(25)7-8/h3-7,14,18-22,24-25,27-29H,1-2H3/t14-,18+,19+,20+,21-,22+/m0/s1. The highest BCUT2D eigenvalue weighted by Gasteiger charge is 2.51. The van der Waals surface area contributed by atoms with Crippen LogP contribution in [0.4, 0.5) is 0 Å². The van der Waals surface area contributed by atoms with E-state index in [1.54, 1.807) is 19.1 Å². The van der Waals surface area contributed by atoms with Gasteiger partial charge in [0.25, 0.3) is 0 Å². The zero-order chi connectivity index (χ0) is 22.6. The van der Waals surface area contributed by atoms with Crippen LogP contribution in [0, 0.1) is 6.92 Å². The molecule has 1 fully saturated rings. The summed E-state index contributed by atoms with van der Waals surface area (Å²) in [5, 5.41) is 52.2. The molecule has 0 radical (unpaired) electrons. The van der Waals surface area contributed by atoms with Crippen LogP contribution in [0.15, 0.2) is 30.3 Å². The van der Waals surface area contributed by atoms with Crippen molar-refractivity contribution in [1.82, 2.24) is 0 Å². The molecule has 0 bridgehead atoms. The van der Waals surface area contributed by atoms with E-state index in [2.05, 4.69) is 0 Å². The average molecular weight is 430 g/mol. The minimum atomic E-state index is -1.72. The number of ketones is 1. The van der Waals surface area contributed by atoms with Gasteiger partial charge in [-0.15, -0.1) is 0 Å². The van der Waals surface area contributed by atoms with Gasteiger partial charge in [-0.2, -0.15) is 0 Å². The summed E-state index contributed by atoms with van der Waals surface area (Å²) in [6.45, 7) is 2.81. The zero-order valence-electron chi connectivity index (χ0n) is 16.7. The second-order valence-electron chi connectivity index (χ2n) is 7.85. The summed E-state index contributed by atoms with van der Waals surface area (Å²) in [5.41, 5.74) is 1.11. The van der Waals surface area contributed by atoms with Gasteiger partial charge in [0, 0.05) is 12.8 Å². The molecule has 2 aromatic carbocycles. The number of phenolic OH excluding ortho intramolecular Hbond substituents is 2. The van der Waals surface area contributed by atoms with Crippen LogP contribution in [0.25, 0.3) is 0 Å². The number of ether oxygens (including phenoxy) is 2. The molecule has 6 atom stereocenters. The molecule has 0 unspecified atom stereocenters. The van der Waals surface area contributed by atoms with Crippen molar-refractivity contribution < 1.29 is 44.6 Å². The molecule has 9 nitrogen and oxygen atoms in total. The maximum Gasteiger partial charge on any atom is 0.305 e. The summed E-state index contributed by atoms with van der Waals surface area (Å²) in [4.78, 5) is 24.5. The molecular formula is C22H22O9. The van der Waals surface area contributed by atoms with Crippen LogP contribution in [0.5, 0.6) is 11.5 Å². The number of benzene rings is 2. The molecular weight excluding hydrogens is 408 g/mol. The van der Waals surface area contributed by atoms with Crippen molar-refractivity contribution in [3.8, 4) is 11.5 Å². The number of fused-ring (bicyclic) bond motifs is 2. The summed E-state index contributed by atoms with van der Waals surface area (Å²) in [5.74, 6) is -2.92. The monoisotopic (exact) mass is 430 g/mol. The van der Waals surface area contributed by atoms with Gasteiger partial charge in [0.1, 0.15) is 35.9 Å². The van der Waals surface area contributed by atoms with E-state index >= 15 is 0 Å². The molecule has 0 amide bonds. The van der Waals surface area contributed by atoms with Crippen molar-refractivity contribution in [3.05, 3.63) is 58.1 Å². The van der Waals surface area contributed by atoms with Crippen molar-refractivity contribution in [2.75, 3.05) is 0 Å². The summed E-state index contributed by atoms with van der Waals surface area (Å²) in [7, 11) is 0. The third-order valence-corrected chi connectivity index (χ3v) is 5.71. The van der Waals surface area contributed by atoms with Gasteiger partial charge in [-0.3, -0.25) is 9.59 Å². The van der Waals surface area contributed by atoms with E-state index < -0.39 is 48.4 Å². The molecule has 0 aromatic heterocycles. The average Bonchev–Trinajstić information content (AvgIpc) is 2.68. The van der Waals surface area contributed by atoms with Gasteiger partial charge < -0.3 is 35.0 Å². The maximum absolute atomic E-state index is 13.1. The normalized spacial score (nSPS) is 29.8. The fourth-order valence-electron chi connectivity index (χ4n) is 4.41. The highest BCUT2D eigenvalue weighted by atomic mass is 16.7. The first-order valence-electron chi connectivity index (χ1n) is 9.68. The lowest BCUT2D eigenvalue weighted by atomic mass is 9.71. The summed E-state index contributed by atoms with van der Waals surface area (Å²) in [6.07, 6.45) is -7.90. The molecule has 1 saturated heterocycles. The first-order chi connectivity index (χ1) is 14.6. The number of aliphatic hydroxyl groups is 3. The van der Waals surface area contributed by atoms with Gasteiger partial charge in [-0.05, 0) is 35.7 Å². The summed E-state index contributed by atoms with van der Waals surface area (Å²) in [6, 6.07) is 7.44. The van der Waals surface area contributed by atoms with Crippen molar-refractivity contribution in [2.24, 2.45) is 0 Å². The van der Waals surface area contributed by atoms with E-state index in [0.717, 1.165) is 6.92 Å². The summed E-state index contributed by atoms with van der Waals surface area (Å²) < 4.78 is 10.7. The first-order valence-corrected chi connectivity index (χ1v) is 9.68. The van der Waals surface area contributed by atoms with E-state index in [4.69, 9.17) is 9.47 Å². The SMILES string of the molecule is CC(=O)O[C@@H]1O[C@@H]([C@H]2c3cccc(O)c3C(=O)c3c(O)cc(C)cc32)[C@H](O)[C@@H](O)[C@H]1O. The quantitative estimate of drug-likeness (QED) is 0.427. The van der Waals surface area contributed by atoms with Crippen LogP contribution >= 0.6 is 0 Å². The molecule has 2 aliphatic rings. The second-order valence-corrected chi connectivity index (χ2v) is 7.85. The number of esters is 1. The summed E-state index contributed by atoms with van der Waals surface area (Å²) >= 11 is 0. The molecule has 164 valence electrons. The fourth-order valence-corrected chi connectivity index (χ4v) is 4.41. The highest BCUT2D eigenvalue weighted by Crippen LogP contribution is 2.47. The molecule has 4 rings (SSSR count). The van der Waals surface area contributed by atoms with Gasteiger partial charge in [-0.1, -0.05) is 18.2 Å². The number of carbonyl (C=O) groups excluding carboxylic acids is 2. The number of carbonyl (C=O) groups is 2.